The Hall–Kier alpha value is -2.36. The van der Waals surface area contributed by atoms with Gasteiger partial charge in [-0.1, -0.05) is 0 Å². The van der Waals surface area contributed by atoms with Crippen LogP contribution in [0.3, 0.4) is 0 Å². The molecule has 0 amide bonds. The second kappa shape index (κ2) is 4.39. The predicted octanol–water partition coefficient (Wildman–Crippen LogP) is 3.45. The molecular weight excluding hydrogens is 241 g/mol. The molecule has 0 spiro atoms. The van der Waals surface area contributed by atoms with Crippen molar-refractivity contribution in [1.82, 2.24) is 15.0 Å². The second-order valence-corrected chi connectivity index (χ2v) is 4.43. The van der Waals surface area contributed by atoms with Gasteiger partial charge in [-0.2, -0.15) is 0 Å². The van der Waals surface area contributed by atoms with Gasteiger partial charge in [0.15, 0.2) is 0 Å². The zero-order chi connectivity index (χ0) is 13.4. The van der Waals surface area contributed by atoms with Gasteiger partial charge in [0, 0.05) is 5.56 Å². The van der Waals surface area contributed by atoms with Crippen molar-refractivity contribution in [2.24, 2.45) is 0 Å². The molecule has 0 radical (unpaired) electrons. The Balaban J connectivity index is 2.19. The van der Waals surface area contributed by atoms with Crippen molar-refractivity contribution in [3.63, 3.8) is 0 Å². The molecule has 0 N–H and O–H groups in total. The smallest absolute Gasteiger partial charge is 0.126 e. The monoisotopic (exact) mass is 253 g/mol. The van der Waals surface area contributed by atoms with Crippen LogP contribution in [0.2, 0.25) is 0 Å². The van der Waals surface area contributed by atoms with Gasteiger partial charge < -0.3 is 0 Å². The Morgan fingerprint density at radius 3 is 2.32 bits per heavy atom. The maximum atomic E-state index is 12.9. The Morgan fingerprint density at radius 2 is 1.58 bits per heavy atom. The third kappa shape index (κ3) is 2.17. The average Bonchev–Trinajstić information content (AvgIpc) is 2.39. The molecule has 3 aromatic rings. The zero-order valence-corrected chi connectivity index (χ0v) is 10.7. The Morgan fingerprint density at radius 1 is 0.842 bits per heavy atom. The molecule has 0 bridgehead atoms. The molecule has 19 heavy (non-hydrogen) atoms. The number of aryl methyl sites for hydroxylation is 2. The fourth-order valence-electron chi connectivity index (χ4n) is 2.08. The second-order valence-electron chi connectivity index (χ2n) is 4.43. The van der Waals surface area contributed by atoms with Crippen LogP contribution in [0.5, 0.6) is 0 Å². The first kappa shape index (κ1) is 11.7. The van der Waals surface area contributed by atoms with Crippen molar-refractivity contribution in [3.05, 3.63) is 53.7 Å². The summed E-state index contributed by atoms with van der Waals surface area (Å²) in [6.07, 6.45) is 0. The molecule has 0 atom stereocenters. The number of nitrogens with zero attached hydrogens (tertiary/aromatic N) is 3. The Bertz CT molecular complexity index is 751. The first-order valence-corrected chi connectivity index (χ1v) is 6.01. The Kier molecular flexibility index (Phi) is 2.71. The normalized spacial score (nSPS) is 10.9. The SMILES string of the molecule is Cc1nc(C)c2nc(-c3ccc(F)cc3)ccc2n1. The van der Waals surface area contributed by atoms with Crippen LogP contribution in [-0.2, 0) is 0 Å². The molecule has 94 valence electrons. The minimum Gasteiger partial charge on any atom is -0.244 e. The number of pyridine rings is 1. The lowest BCUT2D eigenvalue weighted by Gasteiger charge is -2.05. The van der Waals surface area contributed by atoms with Gasteiger partial charge in [-0.15, -0.1) is 0 Å². The first-order valence-electron chi connectivity index (χ1n) is 6.01. The van der Waals surface area contributed by atoms with Crippen LogP contribution in [-0.4, -0.2) is 15.0 Å². The highest BCUT2D eigenvalue weighted by Gasteiger charge is 2.06. The number of fused-ring (bicyclic) bond motifs is 1. The van der Waals surface area contributed by atoms with E-state index in [2.05, 4.69) is 15.0 Å². The molecule has 0 fully saturated rings. The number of hydrogen-bond acceptors (Lipinski definition) is 3. The van der Waals surface area contributed by atoms with Crippen molar-refractivity contribution in [2.45, 2.75) is 13.8 Å². The highest BCUT2D eigenvalue weighted by Crippen LogP contribution is 2.21. The van der Waals surface area contributed by atoms with Crippen LogP contribution in [0.1, 0.15) is 11.5 Å². The largest absolute Gasteiger partial charge is 0.244 e. The van der Waals surface area contributed by atoms with E-state index in [1.54, 1.807) is 12.1 Å². The number of benzene rings is 1. The van der Waals surface area contributed by atoms with Crippen LogP contribution < -0.4 is 0 Å². The topological polar surface area (TPSA) is 38.7 Å². The van der Waals surface area contributed by atoms with E-state index in [0.29, 0.717) is 0 Å². The highest BCUT2D eigenvalue weighted by molar-refractivity contribution is 5.79. The van der Waals surface area contributed by atoms with Crippen LogP contribution in [0.15, 0.2) is 36.4 Å². The van der Waals surface area contributed by atoms with Gasteiger partial charge in [-0.3, -0.25) is 0 Å². The van der Waals surface area contributed by atoms with E-state index < -0.39 is 0 Å². The van der Waals surface area contributed by atoms with Crippen molar-refractivity contribution in [1.29, 1.82) is 0 Å². The molecule has 3 rings (SSSR count). The predicted molar refractivity (Wildman–Crippen MR) is 72.2 cm³/mol. The summed E-state index contributed by atoms with van der Waals surface area (Å²) in [5.41, 5.74) is 4.14. The van der Waals surface area contributed by atoms with Crippen molar-refractivity contribution < 1.29 is 4.39 Å². The summed E-state index contributed by atoms with van der Waals surface area (Å²) in [6, 6.07) is 10.1. The molecule has 2 aromatic heterocycles. The maximum absolute atomic E-state index is 12.9. The molecule has 2 heterocycles. The van der Waals surface area contributed by atoms with Gasteiger partial charge in [0.2, 0.25) is 0 Å². The molecule has 0 aliphatic heterocycles. The average molecular weight is 253 g/mol. The fourth-order valence-corrected chi connectivity index (χ4v) is 2.08. The lowest BCUT2D eigenvalue weighted by atomic mass is 10.1. The van der Waals surface area contributed by atoms with E-state index in [0.717, 1.165) is 33.8 Å². The lowest BCUT2D eigenvalue weighted by molar-refractivity contribution is 0.628. The van der Waals surface area contributed by atoms with Gasteiger partial charge in [0.1, 0.15) is 17.2 Å². The number of rotatable bonds is 1. The summed E-state index contributed by atoms with van der Waals surface area (Å²) in [6.45, 7) is 3.78. The fraction of sp³-hybridized carbons (Fsp3) is 0.133. The van der Waals surface area contributed by atoms with E-state index in [1.807, 2.05) is 26.0 Å². The molecule has 0 aliphatic rings. The van der Waals surface area contributed by atoms with E-state index in [9.17, 15) is 4.39 Å². The van der Waals surface area contributed by atoms with Crippen LogP contribution in [0.25, 0.3) is 22.3 Å². The van der Waals surface area contributed by atoms with Gasteiger partial charge in [0.25, 0.3) is 0 Å². The van der Waals surface area contributed by atoms with Crippen molar-refractivity contribution in [3.8, 4) is 11.3 Å². The van der Waals surface area contributed by atoms with E-state index >= 15 is 0 Å². The number of hydrogen-bond donors (Lipinski definition) is 0. The molecule has 0 unspecified atom stereocenters. The van der Waals surface area contributed by atoms with Crippen LogP contribution >= 0.6 is 0 Å². The molecule has 0 aliphatic carbocycles. The molecule has 4 heteroatoms. The van der Waals surface area contributed by atoms with Gasteiger partial charge >= 0.3 is 0 Å². The van der Waals surface area contributed by atoms with Crippen LogP contribution in [0.4, 0.5) is 4.39 Å². The minimum absolute atomic E-state index is 0.250. The van der Waals surface area contributed by atoms with Gasteiger partial charge in [-0.25, -0.2) is 19.3 Å². The van der Waals surface area contributed by atoms with E-state index in [-0.39, 0.29) is 5.82 Å². The van der Waals surface area contributed by atoms with Crippen molar-refractivity contribution in [2.75, 3.05) is 0 Å². The molecule has 1 aromatic carbocycles. The number of aromatic nitrogens is 3. The number of halogens is 1. The quantitative estimate of drug-likeness (QED) is 0.666. The molecular formula is C15H12FN3. The zero-order valence-electron chi connectivity index (χ0n) is 10.7. The van der Waals surface area contributed by atoms with Crippen molar-refractivity contribution >= 4 is 11.0 Å². The van der Waals surface area contributed by atoms with E-state index in [4.69, 9.17) is 0 Å². The molecule has 3 nitrogen and oxygen atoms in total. The summed E-state index contributed by atoms with van der Waals surface area (Å²) in [7, 11) is 0. The third-order valence-electron chi connectivity index (χ3n) is 2.97. The lowest BCUT2D eigenvalue weighted by Crippen LogP contribution is -1.96. The molecule has 0 saturated heterocycles. The summed E-state index contributed by atoms with van der Waals surface area (Å²) in [5.74, 6) is 0.487. The summed E-state index contributed by atoms with van der Waals surface area (Å²) in [4.78, 5) is 13.2. The highest BCUT2D eigenvalue weighted by atomic mass is 19.1. The standard InChI is InChI=1S/C15H12FN3/c1-9-15-14(18-10(2)17-9)8-7-13(19-15)11-3-5-12(16)6-4-11/h3-8H,1-2H3. The molecule has 0 saturated carbocycles. The minimum atomic E-state index is -0.250. The first-order chi connectivity index (χ1) is 9.13. The van der Waals surface area contributed by atoms with Gasteiger partial charge in [-0.05, 0) is 50.2 Å². The third-order valence-corrected chi connectivity index (χ3v) is 2.97. The summed E-state index contributed by atoms with van der Waals surface area (Å²) < 4.78 is 12.9. The Labute approximate surface area is 110 Å². The van der Waals surface area contributed by atoms with Gasteiger partial charge in [0.05, 0.1) is 16.9 Å². The summed E-state index contributed by atoms with van der Waals surface area (Å²) >= 11 is 0. The van der Waals surface area contributed by atoms with Crippen LogP contribution in [0, 0.1) is 19.7 Å². The maximum Gasteiger partial charge on any atom is 0.126 e. The summed E-state index contributed by atoms with van der Waals surface area (Å²) in [5, 5.41) is 0. The van der Waals surface area contributed by atoms with E-state index in [1.165, 1.54) is 12.1 Å².